The molecule has 0 aromatic heterocycles. The van der Waals surface area contributed by atoms with Crippen molar-refractivity contribution in [2.45, 2.75) is 81.7 Å². The summed E-state index contributed by atoms with van der Waals surface area (Å²) >= 11 is 0. The molecule has 1 aromatic rings. The molecule has 6 nitrogen and oxygen atoms in total. The highest BCUT2D eigenvalue weighted by Gasteiger charge is 2.29. The summed E-state index contributed by atoms with van der Waals surface area (Å²) in [4.78, 5) is 15.2. The van der Waals surface area contributed by atoms with Crippen LogP contribution in [0.3, 0.4) is 0 Å². The predicted molar refractivity (Wildman–Crippen MR) is 120 cm³/mol. The molecule has 1 aliphatic carbocycles. The number of piperidine rings is 1. The van der Waals surface area contributed by atoms with Crippen LogP contribution in [0.5, 0.6) is 0 Å². The van der Waals surface area contributed by atoms with E-state index in [1.54, 1.807) is 31.3 Å². The van der Waals surface area contributed by atoms with Crippen LogP contribution >= 0.6 is 0 Å². The third-order valence-corrected chi connectivity index (χ3v) is 8.65. The zero-order chi connectivity index (χ0) is 21.6. The molecule has 1 amide bonds. The third-order valence-electron chi connectivity index (χ3n) is 6.73. The van der Waals surface area contributed by atoms with Gasteiger partial charge in [-0.1, -0.05) is 25.7 Å². The molecule has 1 heterocycles. The highest BCUT2D eigenvalue weighted by atomic mass is 32.2. The third kappa shape index (κ3) is 5.83. The average Bonchev–Trinajstić information content (AvgIpc) is 2.77. The number of carbonyl (C=O) groups is 1. The summed E-state index contributed by atoms with van der Waals surface area (Å²) in [5.74, 6) is -0.147. The highest BCUT2D eigenvalue weighted by Crippen LogP contribution is 2.26. The molecule has 3 rings (SSSR count). The van der Waals surface area contributed by atoms with Crippen LogP contribution in [0.4, 0.5) is 0 Å². The van der Waals surface area contributed by atoms with Crippen LogP contribution in [-0.2, 0) is 10.0 Å². The SMILES string of the molecule is CC1CCCCN1CCCNC(=O)c1ccc(S(=O)(=O)N(C)C2CCCCC2)cc1. The zero-order valence-corrected chi connectivity index (χ0v) is 19.3. The fraction of sp³-hybridized carbons (Fsp3) is 0.696. The van der Waals surface area contributed by atoms with E-state index in [9.17, 15) is 13.2 Å². The number of carbonyl (C=O) groups excluding carboxylic acids is 1. The molecule has 7 heteroatoms. The molecule has 2 aliphatic rings. The lowest BCUT2D eigenvalue weighted by Gasteiger charge is -2.33. The van der Waals surface area contributed by atoms with Gasteiger partial charge in [0.25, 0.3) is 5.91 Å². The van der Waals surface area contributed by atoms with Gasteiger partial charge in [-0.2, -0.15) is 4.31 Å². The number of benzene rings is 1. The number of amides is 1. The van der Waals surface area contributed by atoms with E-state index in [2.05, 4.69) is 17.1 Å². The van der Waals surface area contributed by atoms with Crippen molar-refractivity contribution in [3.05, 3.63) is 29.8 Å². The number of sulfonamides is 1. The summed E-state index contributed by atoms with van der Waals surface area (Å²) in [7, 11) is -1.85. The quantitative estimate of drug-likeness (QED) is 0.633. The van der Waals surface area contributed by atoms with Crippen LogP contribution in [0.1, 0.15) is 75.1 Å². The van der Waals surface area contributed by atoms with Gasteiger partial charge in [-0.25, -0.2) is 8.42 Å². The van der Waals surface area contributed by atoms with Crippen molar-refractivity contribution in [2.24, 2.45) is 0 Å². The second kappa shape index (κ2) is 10.7. The number of nitrogens with one attached hydrogen (secondary N) is 1. The standard InChI is InChI=1S/C23H37N3O3S/c1-19-9-6-7-17-26(19)18-8-16-24-23(27)20-12-14-22(15-13-20)30(28,29)25(2)21-10-4-3-5-11-21/h12-15,19,21H,3-11,16-18H2,1-2H3,(H,24,27). The Kier molecular flexibility index (Phi) is 8.31. The molecule has 168 valence electrons. The van der Waals surface area contributed by atoms with Crippen molar-refractivity contribution >= 4 is 15.9 Å². The minimum absolute atomic E-state index is 0.0781. The van der Waals surface area contributed by atoms with Gasteiger partial charge >= 0.3 is 0 Å². The molecule has 0 spiro atoms. The molecule has 1 aromatic carbocycles. The molecule has 1 N–H and O–H groups in total. The summed E-state index contributed by atoms with van der Waals surface area (Å²) < 4.78 is 27.4. The maximum atomic E-state index is 12.9. The van der Waals surface area contributed by atoms with Crippen LogP contribution < -0.4 is 5.32 Å². The Balaban J connectivity index is 1.49. The first kappa shape index (κ1) is 23.2. The fourth-order valence-corrected chi connectivity index (χ4v) is 6.08. The molecule has 1 unspecified atom stereocenters. The topological polar surface area (TPSA) is 69.7 Å². The number of likely N-dealkylation sites (tertiary alicyclic amines) is 1. The van der Waals surface area contributed by atoms with Crippen LogP contribution in [0.15, 0.2) is 29.2 Å². The van der Waals surface area contributed by atoms with E-state index in [1.807, 2.05) is 0 Å². The van der Waals surface area contributed by atoms with Crippen LogP contribution in [0.2, 0.25) is 0 Å². The lowest BCUT2D eigenvalue weighted by Crippen LogP contribution is -2.39. The van der Waals surface area contributed by atoms with Gasteiger partial charge < -0.3 is 10.2 Å². The van der Waals surface area contributed by atoms with E-state index in [-0.39, 0.29) is 16.8 Å². The molecular formula is C23H37N3O3S. The van der Waals surface area contributed by atoms with Crippen molar-refractivity contribution in [3.63, 3.8) is 0 Å². The Hall–Kier alpha value is -1.44. The van der Waals surface area contributed by atoms with Gasteiger partial charge in [0, 0.05) is 37.8 Å². The fourth-order valence-electron chi connectivity index (χ4n) is 4.66. The van der Waals surface area contributed by atoms with Gasteiger partial charge in [-0.3, -0.25) is 4.79 Å². The smallest absolute Gasteiger partial charge is 0.251 e. The molecule has 0 bridgehead atoms. The first-order chi connectivity index (χ1) is 14.4. The van der Waals surface area contributed by atoms with E-state index in [0.29, 0.717) is 18.2 Å². The van der Waals surface area contributed by atoms with Crippen molar-refractivity contribution in [1.29, 1.82) is 0 Å². The van der Waals surface area contributed by atoms with Gasteiger partial charge in [0.1, 0.15) is 0 Å². The van der Waals surface area contributed by atoms with E-state index < -0.39 is 10.0 Å². The molecule has 1 saturated carbocycles. The van der Waals surface area contributed by atoms with Crippen LogP contribution in [0.25, 0.3) is 0 Å². The molecule has 2 fully saturated rings. The second-order valence-corrected chi connectivity index (χ2v) is 10.8. The molecule has 30 heavy (non-hydrogen) atoms. The first-order valence-electron chi connectivity index (χ1n) is 11.5. The maximum absolute atomic E-state index is 12.9. The van der Waals surface area contributed by atoms with Crippen molar-refractivity contribution in [1.82, 2.24) is 14.5 Å². The Bertz CT molecular complexity index is 788. The molecule has 1 atom stereocenters. The predicted octanol–water partition coefficient (Wildman–Crippen LogP) is 3.63. The van der Waals surface area contributed by atoms with Gasteiger partial charge in [-0.15, -0.1) is 0 Å². The summed E-state index contributed by atoms with van der Waals surface area (Å²) in [6.45, 7) is 5.07. The normalized spacial score (nSPS) is 21.6. The minimum Gasteiger partial charge on any atom is -0.352 e. The van der Waals surface area contributed by atoms with Crippen LogP contribution in [-0.4, -0.2) is 62.3 Å². The number of hydrogen-bond donors (Lipinski definition) is 1. The Labute approximate surface area is 182 Å². The van der Waals surface area contributed by atoms with E-state index in [0.717, 1.165) is 45.2 Å². The maximum Gasteiger partial charge on any atom is 0.251 e. The van der Waals surface area contributed by atoms with Gasteiger partial charge in [0.05, 0.1) is 4.90 Å². The zero-order valence-electron chi connectivity index (χ0n) is 18.5. The monoisotopic (exact) mass is 435 g/mol. The lowest BCUT2D eigenvalue weighted by atomic mass is 9.96. The summed E-state index contributed by atoms with van der Waals surface area (Å²) in [5, 5.41) is 2.96. The molecule has 1 saturated heterocycles. The molecular weight excluding hydrogens is 398 g/mol. The summed E-state index contributed by atoms with van der Waals surface area (Å²) in [5.41, 5.74) is 0.501. The van der Waals surface area contributed by atoms with Crippen molar-refractivity contribution in [2.75, 3.05) is 26.7 Å². The number of nitrogens with zero attached hydrogens (tertiary/aromatic N) is 2. The lowest BCUT2D eigenvalue weighted by molar-refractivity contribution is 0.0948. The Morgan fingerprint density at radius 1 is 1.07 bits per heavy atom. The van der Waals surface area contributed by atoms with Gasteiger partial charge in [0.2, 0.25) is 10.0 Å². The van der Waals surface area contributed by atoms with E-state index in [4.69, 9.17) is 0 Å². The minimum atomic E-state index is -3.52. The second-order valence-electron chi connectivity index (χ2n) is 8.83. The molecule has 0 radical (unpaired) electrons. The summed E-state index contributed by atoms with van der Waals surface area (Å²) in [6.07, 6.45) is 9.97. The highest BCUT2D eigenvalue weighted by molar-refractivity contribution is 7.89. The van der Waals surface area contributed by atoms with Crippen molar-refractivity contribution < 1.29 is 13.2 Å². The first-order valence-corrected chi connectivity index (χ1v) is 12.9. The molecule has 1 aliphatic heterocycles. The van der Waals surface area contributed by atoms with Gasteiger partial charge in [0.15, 0.2) is 0 Å². The van der Waals surface area contributed by atoms with Crippen molar-refractivity contribution in [3.8, 4) is 0 Å². The number of hydrogen-bond acceptors (Lipinski definition) is 4. The van der Waals surface area contributed by atoms with E-state index >= 15 is 0 Å². The summed E-state index contributed by atoms with van der Waals surface area (Å²) in [6, 6.07) is 7.05. The van der Waals surface area contributed by atoms with Gasteiger partial charge in [-0.05, 0) is 69.8 Å². The Morgan fingerprint density at radius 2 is 1.73 bits per heavy atom. The number of rotatable bonds is 8. The largest absolute Gasteiger partial charge is 0.352 e. The average molecular weight is 436 g/mol. The van der Waals surface area contributed by atoms with E-state index in [1.165, 1.54) is 30.0 Å². The van der Waals surface area contributed by atoms with Crippen LogP contribution in [0, 0.1) is 0 Å². The Morgan fingerprint density at radius 3 is 2.40 bits per heavy atom.